The molecule has 0 bridgehead atoms. The van der Waals surface area contributed by atoms with E-state index in [1.807, 2.05) is 50.2 Å². The number of amides is 1. The number of benzene rings is 3. The highest BCUT2D eigenvalue weighted by atomic mass is 32.1. The maximum Gasteiger partial charge on any atom is 0.264 e. The molecule has 7 nitrogen and oxygen atoms in total. The average Bonchev–Trinajstić information content (AvgIpc) is 3.22. The number of hydrogen-bond donors (Lipinski definition) is 2. The van der Waals surface area contributed by atoms with E-state index >= 15 is 0 Å². The molecule has 1 heterocycles. The number of ether oxygens (including phenoxy) is 2. The zero-order valence-corrected chi connectivity index (χ0v) is 19.5. The van der Waals surface area contributed by atoms with Crippen LogP contribution in [0.1, 0.15) is 21.5 Å². The molecule has 0 unspecified atom stereocenters. The molecule has 33 heavy (non-hydrogen) atoms. The lowest BCUT2D eigenvalue weighted by Crippen LogP contribution is -2.34. The Morgan fingerprint density at radius 1 is 1.00 bits per heavy atom. The molecule has 0 spiro atoms. The van der Waals surface area contributed by atoms with Gasteiger partial charge in [0.2, 0.25) is 5.89 Å². The standard InChI is InChI=1S/C25H23N3O4S/c1-14-8-11-19-18(12-14)26-24(32-19)16-10-9-15(2)17(13-16)27-25(33)28-23(29)22-20(30-3)6-5-7-21(22)31-4/h5-13H,1-4H3,(H2,27,28,29,33). The largest absolute Gasteiger partial charge is 0.496 e. The van der Waals surface area contributed by atoms with E-state index in [9.17, 15) is 4.79 Å². The van der Waals surface area contributed by atoms with Gasteiger partial charge in [0, 0.05) is 11.3 Å². The van der Waals surface area contributed by atoms with Gasteiger partial charge in [-0.15, -0.1) is 0 Å². The van der Waals surface area contributed by atoms with Crippen LogP contribution in [0.2, 0.25) is 0 Å². The van der Waals surface area contributed by atoms with Crippen LogP contribution in [0.4, 0.5) is 5.69 Å². The number of carbonyl (C=O) groups is 1. The van der Waals surface area contributed by atoms with E-state index in [1.165, 1.54) is 14.2 Å². The lowest BCUT2D eigenvalue weighted by Gasteiger charge is -2.15. The number of anilines is 1. The maximum atomic E-state index is 12.9. The van der Waals surface area contributed by atoms with Crippen LogP contribution in [0.15, 0.2) is 59.0 Å². The topological polar surface area (TPSA) is 85.6 Å². The molecule has 0 aliphatic rings. The van der Waals surface area contributed by atoms with E-state index in [1.54, 1.807) is 18.2 Å². The van der Waals surface area contributed by atoms with Crippen LogP contribution >= 0.6 is 12.2 Å². The van der Waals surface area contributed by atoms with Crippen LogP contribution in [0, 0.1) is 13.8 Å². The fourth-order valence-corrected chi connectivity index (χ4v) is 3.65. The third-order valence-electron chi connectivity index (χ3n) is 5.16. The minimum absolute atomic E-state index is 0.140. The molecule has 0 saturated carbocycles. The predicted octanol–water partition coefficient (Wildman–Crippen LogP) is 5.26. The predicted molar refractivity (Wildman–Crippen MR) is 132 cm³/mol. The molecular weight excluding hydrogens is 438 g/mol. The molecule has 168 valence electrons. The van der Waals surface area contributed by atoms with E-state index in [2.05, 4.69) is 15.6 Å². The summed E-state index contributed by atoms with van der Waals surface area (Å²) in [6, 6.07) is 16.7. The van der Waals surface area contributed by atoms with Crippen molar-refractivity contribution >= 4 is 40.0 Å². The Bertz CT molecular complexity index is 1340. The van der Waals surface area contributed by atoms with Gasteiger partial charge in [-0.1, -0.05) is 18.2 Å². The summed E-state index contributed by atoms with van der Waals surface area (Å²) in [4.78, 5) is 17.5. The van der Waals surface area contributed by atoms with Crippen molar-refractivity contribution in [1.29, 1.82) is 0 Å². The van der Waals surface area contributed by atoms with Crippen LogP contribution in [0.5, 0.6) is 11.5 Å². The van der Waals surface area contributed by atoms with Gasteiger partial charge < -0.3 is 19.2 Å². The van der Waals surface area contributed by atoms with Gasteiger partial charge in [0.1, 0.15) is 22.6 Å². The van der Waals surface area contributed by atoms with Crippen molar-refractivity contribution in [3.8, 4) is 23.0 Å². The quantitative estimate of drug-likeness (QED) is 0.392. The number of aromatic nitrogens is 1. The van der Waals surface area contributed by atoms with E-state index in [0.717, 1.165) is 33.5 Å². The summed E-state index contributed by atoms with van der Waals surface area (Å²) in [6.45, 7) is 3.95. The van der Waals surface area contributed by atoms with Crippen molar-refractivity contribution in [2.75, 3.05) is 19.5 Å². The molecule has 0 aliphatic carbocycles. The summed E-state index contributed by atoms with van der Waals surface area (Å²) in [7, 11) is 2.98. The number of carbonyl (C=O) groups excluding carboxylic acids is 1. The highest BCUT2D eigenvalue weighted by Crippen LogP contribution is 2.29. The summed E-state index contributed by atoms with van der Waals surface area (Å²) in [6.07, 6.45) is 0. The van der Waals surface area contributed by atoms with Gasteiger partial charge in [-0.3, -0.25) is 10.1 Å². The molecule has 0 fully saturated rings. The zero-order chi connectivity index (χ0) is 23.5. The lowest BCUT2D eigenvalue weighted by molar-refractivity contribution is 0.0971. The first kappa shape index (κ1) is 22.3. The molecule has 0 aliphatic heterocycles. The van der Waals surface area contributed by atoms with Crippen molar-refractivity contribution < 1.29 is 18.7 Å². The van der Waals surface area contributed by atoms with Crippen LogP contribution in [-0.4, -0.2) is 30.2 Å². The number of hydrogen-bond acceptors (Lipinski definition) is 6. The SMILES string of the molecule is COc1cccc(OC)c1C(=O)NC(=S)Nc1cc(-c2nc3cc(C)ccc3o2)ccc1C. The molecule has 4 rings (SSSR count). The molecule has 0 radical (unpaired) electrons. The third-order valence-corrected chi connectivity index (χ3v) is 5.36. The number of rotatable bonds is 5. The number of oxazole rings is 1. The number of fused-ring (bicyclic) bond motifs is 1. The molecule has 8 heteroatoms. The van der Waals surface area contributed by atoms with Crippen molar-refractivity contribution in [2.45, 2.75) is 13.8 Å². The van der Waals surface area contributed by atoms with Crippen LogP contribution < -0.4 is 20.1 Å². The third kappa shape index (κ3) is 4.65. The highest BCUT2D eigenvalue weighted by Gasteiger charge is 2.19. The second kappa shape index (κ2) is 9.30. The minimum atomic E-state index is -0.440. The molecule has 1 amide bonds. The van der Waals surface area contributed by atoms with Crippen molar-refractivity contribution in [2.24, 2.45) is 0 Å². The zero-order valence-electron chi connectivity index (χ0n) is 18.7. The molecule has 0 saturated heterocycles. The molecule has 2 N–H and O–H groups in total. The van der Waals surface area contributed by atoms with E-state index in [-0.39, 0.29) is 10.7 Å². The maximum absolute atomic E-state index is 12.9. The number of nitrogens with one attached hydrogen (secondary N) is 2. The first-order valence-electron chi connectivity index (χ1n) is 10.2. The minimum Gasteiger partial charge on any atom is -0.496 e. The number of aryl methyl sites for hydroxylation is 2. The Balaban J connectivity index is 1.56. The van der Waals surface area contributed by atoms with Crippen molar-refractivity contribution in [3.05, 3.63) is 71.3 Å². The van der Waals surface area contributed by atoms with Crippen LogP contribution in [0.3, 0.4) is 0 Å². The van der Waals surface area contributed by atoms with E-state index in [0.29, 0.717) is 17.4 Å². The second-order valence-corrected chi connectivity index (χ2v) is 7.87. The Morgan fingerprint density at radius 2 is 1.73 bits per heavy atom. The Kier molecular flexibility index (Phi) is 6.28. The Labute approximate surface area is 196 Å². The van der Waals surface area contributed by atoms with Gasteiger partial charge in [-0.2, -0.15) is 0 Å². The molecular formula is C25H23N3O4S. The molecule has 4 aromatic rings. The number of thiocarbonyl (C=S) groups is 1. The lowest BCUT2D eigenvalue weighted by atomic mass is 10.1. The van der Waals surface area contributed by atoms with Gasteiger partial charge in [0.25, 0.3) is 5.91 Å². The van der Waals surface area contributed by atoms with Gasteiger partial charge in [0.15, 0.2) is 10.7 Å². The molecule has 1 aromatic heterocycles. The van der Waals surface area contributed by atoms with E-state index < -0.39 is 5.91 Å². The van der Waals surface area contributed by atoms with Gasteiger partial charge in [-0.05, 0) is 73.6 Å². The smallest absolute Gasteiger partial charge is 0.264 e. The summed E-state index contributed by atoms with van der Waals surface area (Å²) >= 11 is 5.39. The van der Waals surface area contributed by atoms with Gasteiger partial charge >= 0.3 is 0 Å². The number of nitrogens with zero attached hydrogens (tertiary/aromatic N) is 1. The van der Waals surface area contributed by atoms with Crippen molar-refractivity contribution in [1.82, 2.24) is 10.3 Å². The summed E-state index contributed by atoms with van der Waals surface area (Å²) < 4.78 is 16.5. The fraction of sp³-hybridized carbons (Fsp3) is 0.160. The first-order valence-corrected chi connectivity index (χ1v) is 10.6. The Hall–Kier alpha value is -3.91. The summed E-state index contributed by atoms with van der Waals surface area (Å²) in [5.74, 6) is 0.843. The van der Waals surface area contributed by atoms with Crippen molar-refractivity contribution in [3.63, 3.8) is 0 Å². The van der Waals surface area contributed by atoms with Crippen LogP contribution in [-0.2, 0) is 0 Å². The van der Waals surface area contributed by atoms with Gasteiger partial charge in [0.05, 0.1) is 14.2 Å². The molecule has 3 aromatic carbocycles. The monoisotopic (exact) mass is 461 g/mol. The summed E-state index contributed by atoms with van der Waals surface area (Å²) in [5, 5.41) is 5.92. The first-order chi connectivity index (χ1) is 15.9. The second-order valence-electron chi connectivity index (χ2n) is 7.47. The summed E-state index contributed by atoms with van der Waals surface area (Å²) in [5.41, 5.74) is 5.35. The van der Waals surface area contributed by atoms with Gasteiger partial charge in [-0.25, -0.2) is 4.98 Å². The fourth-order valence-electron chi connectivity index (χ4n) is 3.44. The normalized spacial score (nSPS) is 10.7. The average molecular weight is 462 g/mol. The number of methoxy groups -OCH3 is 2. The molecule has 0 atom stereocenters. The Morgan fingerprint density at radius 3 is 2.42 bits per heavy atom. The van der Waals surface area contributed by atoms with E-state index in [4.69, 9.17) is 26.1 Å². The van der Waals surface area contributed by atoms with Crippen LogP contribution in [0.25, 0.3) is 22.6 Å². The highest BCUT2D eigenvalue weighted by molar-refractivity contribution is 7.80.